The van der Waals surface area contributed by atoms with E-state index in [1.807, 2.05) is 32.5 Å². The third kappa shape index (κ3) is 11.2. The molecule has 5 heteroatoms. The molecule has 23 heavy (non-hydrogen) atoms. The Bertz CT molecular complexity index is 390. The summed E-state index contributed by atoms with van der Waals surface area (Å²) >= 11 is 1.90. The molecule has 2 rings (SSSR count). The molecule has 3 N–H and O–H groups in total. The Kier molecular flexibility index (Phi) is 13.9. The number of nitrogens with two attached hydrogens (primary N) is 1. The van der Waals surface area contributed by atoms with Gasteiger partial charge in [0.2, 0.25) is 0 Å². The zero-order valence-electron chi connectivity index (χ0n) is 14.5. The van der Waals surface area contributed by atoms with E-state index in [2.05, 4.69) is 24.3 Å². The second-order valence-corrected chi connectivity index (χ2v) is 6.32. The van der Waals surface area contributed by atoms with Gasteiger partial charge >= 0.3 is 0 Å². The van der Waals surface area contributed by atoms with E-state index >= 15 is 0 Å². The Morgan fingerprint density at radius 2 is 1.96 bits per heavy atom. The van der Waals surface area contributed by atoms with Crippen molar-refractivity contribution in [3.05, 3.63) is 29.8 Å². The quantitative estimate of drug-likeness (QED) is 0.626. The van der Waals surface area contributed by atoms with Crippen LogP contribution in [0.5, 0.6) is 0 Å². The second-order valence-electron chi connectivity index (χ2n) is 5.23. The van der Waals surface area contributed by atoms with Gasteiger partial charge < -0.3 is 15.6 Å². The SMILES string of the molecule is CC.CC(N)Cc1ccc(SCC2CCCCO2)cc1.O=CO. The highest BCUT2D eigenvalue weighted by Crippen LogP contribution is 2.24. The molecule has 132 valence electrons. The smallest absolute Gasteiger partial charge is 0.290 e. The van der Waals surface area contributed by atoms with Gasteiger partial charge in [0, 0.05) is 23.3 Å². The van der Waals surface area contributed by atoms with E-state index in [0.717, 1.165) is 18.8 Å². The van der Waals surface area contributed by atoms with Crippen LogP contribution in [0.25, 0.3) is 0 Å². The van der Waals surface area contributed by atoms with Crippen molar-refractivity contribution < 1.29 is 14.6 Å². The van der Waals surface area contributed by atoms with E-state index < -0.39 is 0 Å². The van der Waals surface area contributed by atoms with E-state index in [1.165, 1.54) is 29.7 Å². The Morgan fingerprint density at radius 1 is 1.35 bits per heavy atom. The van der Waals surface area contributed by atoms with Gasteiger partial charge in [-0.1, -0.05) is 26.0 Å². The minimum Gasteiger partial charge on any atom is -0.483 e. The summed E-state index contributed by atoms with van der Waals surface area (Å²) in [4.78, 5) is 9.69. The maximum Gasteiger partial charge on any atom is 0.290 e. The number of benzene rings is 1. The van der Waals surface area contributed by atoms with Crippen molar-refractivity contribution in [3.63, 3.8) is 0 Å². The molecule has 4 nitrogen and oxygen atoms in total. The Hall–Kier alpha value is -1.04. The summed E-state index contributed by atoms with van der Waals surface area (Å²) in [7, 11) is 0. The van der Waals surface area contributed by atoms with Crippen LogP contribution >= 0.6 is 11.8 Å². The molecule has 0 saturated carbocycles. The molecule has 1 fully saturated rings. The lowest BCUT2D eigenvalue weighted by Gasteiger charge is -2.22. The maximum atomic E-state index is 8.36. The van der Waals surface area contributed by atoms with Crippen LogP contribution in [0.2, 0.25) is 0 Å². The third-order valence-electron chi connectivity index (χ3n) is 3.19. The molecule has 0 spiro atoms. The summed E-state index contributed by atoms with van der Waals surface area (Å²) in [5.74, 6) is 1.08. The zero-order valence-corrected chi connectivity index (χ0v) is 15.3. The first-order valence-corrected chi connectivity index (χ1v) is 9.31. The molecule has 1 aliphatic heterocycles. The van der Waals surface area contributed by atoms with Crippen molar-refractivity contribution in [2.75, 3.05) is 12.4 Å². The topological polar surface area (TPSA) is 72.5 Å². The lowest BCUT2D eigenvalue weighted by molar-refractivity contribution is -0.122. The lowest BCUT2D eigenvalue weighted by Crippen LogP contribution is -2.21. The van der Waals surface area contributed by atoms with Gasteiger partial charge in [0.25, 0.3) is 6.47 Å². The molecule has 1 aromatic rings. The van der Waals surface area contributed by atoms with Gasteiger partial charge in [0.15, 0.2) is 0 Å². The molecular weight excluding hydrogens is 310 g/mol. The van der Waals surface area contributed by atoms with Crippen LogP contribution in [0.15, 0.2) is 29.2 Å². The Morgan fingerprint density at radius 3 is 2.43 bits per heavy atom. The molecule has 1 aliphatic rings. The second kappa shape index (κ2) is 14.5. The number of rotatable bonds is 5. The number of hydrogen-bond donors (Lipinski definition) is 2. The molecule has 1 saturated heterocycles. The first-order chi connectivity index (χ1) is 11.2. The zero-order chi connectivity index (χ0) is 17.5. The number of ether oxygens (including phenoxy) is 1. The van der Waals surface area contributed by atoms with Crippen LogP contribution in [0, 0.1) is 0 Å². The monoisotopic (exact) mass is 341 g/mol. The van der Waals surface area contributed by atoms with Gasteiger partial charge in [-0.2, -0.15) is 0 Å². The molecule has 2 atom stereocenters. The first kappa shape index (κ1) is 22.0. The fraction of sp³-hybridized carbons (Fsp3) is 0.611. The molecule has 1 heterocycles. The van der Waals surface area contributed by atoms with E-state index in [-0.39, 0.29) is 12.5 Å². The summed E-state index contributed by atoms with van der Waals surface area (Å²) in [5.41, 5.74) is 7.12. The van der Waals surface area contributed by atoms with Crippen molar-refractivity contribution in [1.82, 2.24) is 0 Å². The predicted molar refractivity (Wildman–Crippen MR) is 98.2 cm³/mol. The number of thioether (sulfide) groups is 1. The van der Waals surface area contributed by atoms with Gasteiger partial charge in [0.05, 0.1) is 6.10 Å². The van der Waals surface area contributed by atoms with E-state index in [1.54, 1.807) is 0 Å². The van der Waals surface area contributed by atoms with E-state index in [9.17, 15) is 0 Å². The van der Waals surface area contributed by atoms with E-state index in [4.69, 9.17) is 20.4 Å². The normalized spacial score (nSPS) is 17.8. The van der Waals surface area contributed by atoms with Crippen molar-refractivity contribution in [3.8, 4) is 0 Å². The summed E-state index contributed by atoms with van der Waals surface area (Å²) in [6.07, 6.45) is 5.17. The fourth-order valence-electron chi connectivity index (χ4n) is 2.22. The Labute approximate surface area is 144 Å². The summed E-state index contributed by atoms with van der Waals surface area (Å²) in [6, 6.07) is 9.01. The average molecular weight is 342 g/mol. The van der Waals surface area contributed by atoms with Crippen LogP contribution < -0.4 is 5.73 Å². The van der Waals surface area contributed by atoms with Crippen molar-refractivity contribution in [2.45, 2.75) is 63.5 Å². The molecular formula is C18H31NO3S. The van der Waals surface area contributed by atoms with Crippen LogP contribution in [-0.4, -0.2) is 36.1 Å². The summed E-state index contributed by atoms with van der Waals surface area (Å²) in [5, 5.41) is 6.89. The average Bonchev–Trinajstić information content (AvgIpc) is 2.57. The first-order valence-electron chi connectivity index (χ1n) is 8.32. The standard InChI is InChI=1S/C15H23NOS.C2H6.CH2O2/c1-12(16)10-13-5-7-15(8-6-13)18-11-14-4-2-3-9-17-14;1-2;2-1-3/h5-8,12,14H,2-4,9-11,16H2,1H3;1-2H3;1H,(H,2,3). The molecule has 0 aromatic heterocycles. The highest BCUT2D eigenvalue weighted by Gasteiger charge is 2.13. The van der Waals surface area contributed by atoms with Gasteiger partial charge in [-0.25, -0.2) is 0 Å². The molecule has 0 amide bonds. The van der Waals surface area contributed by atoms with Crippen molar-refractivity contribution in [2.24, 2.45) is 5.73 Å². The molecule has 1 aromatic carbocycles. The number of hydrogen-bond acceptors (Lipinski definition) is 4. The predicted octanol–water partition coefficient (Wildman–Crippen LogP) is 3.96. The van der Waals surface area contributed by atoms with Gasteiger partial charge in [0.1, 0.15) is 0 Å². The molecule has 0 radical (unpaired) electrons. The molecule has 2 unspecified atom stereocenters. The van der Waals surface area contributed by atoms with Crippen molar-refractivity contribution >= 4 is 18.2 Å². The molecule has 0 aliphatic carbocycles. The van der Waals surface area contributed by atoms with Crippen molar-refractivity contribution in [1.29, 1.82) is 0 Å². The summed E-state index contributed by atoms with van der Waals surface area (Å²) in [6.45, 7) is 6.74. The van der Waals surface area contributed by atoms with Crippen LogP contribution in [0.3, 0.4) is 0 Å². The minimum atomic E-state index is -0.250. The minimum absolute atomic E-state index is 0.235. The van der Waals surface area contributed by atoms with Crippen LogP contribution in [0.4, 0.5) is 0 Å². The van der Waals surface area contributed by atoms with E-state index in [0.29, 0.717) is 6.10 Å². The summed E-state index contributed by atoms with van der Waals surface area (Å²) < 4.78 is 5.74. The molecule has 0 bridgehead atoms. The third-order valence-corrected chi connectivity index (χ3v) is 4.33. The van der Waals surface area contributed by atoms with Crippen LogP contribution in [-0.2, 0) is 16.0 Å². The maximum absolute atomic E-state index is 8.36. The highest BCUT2D eigenvalue weighted by molar-refractivity contribution is 7.99. The number of carboxylic acid groups (broad SMARTS) is 1. The number of carbonyl (C=O) groups is 1. The lowest BCUT2D eigenvalue weighted by atomic mass is 10.1. The largest absolute Gasteiger partial charge is 0.483 e. The van der Waals surface area contributed by atoms with Gasteiger partial charge in [-0.3, -0.25) is 4.79 Å². The Balaban J connectivity index is 0.000000868. The fourth-order valence-corrected chi connectivity index (χ4v) is 3.19. The van der Waals surface area contributed by atoms with Gasteiger partial charge in [-0.15, -0.1) is 11.8 Å². The van der Waals surface area contributed by atoms with Gasteiger partial charge in [-0.05, 0) is 50.3 Å². The van der Waals surface area contributed by atoms with Crippen LogP contribution in [0.1, 0.15) is 45.6 Å². The highest BCUT2D eigenvalue weighted by atomic mass is 32.2.